The number of benzene rings is 1. The number of hydrogen-bond donors (Lipinski definition) is 0. The van der Waals surface area contributed by atoms with E-state index in [0.29, 0.717) is 0 Å². The summed E-state index contributed by atoms with van der Waals surface area (Å²) in [6, 6.07) is 9.71. The highest BCUT2D eigenvalue weighted by molar-refractivity contribution is 5.94. The smallest absolute Gasteiger partial charge is 0.253 e. The summed E-state index contributed by atoms with van der Waals surface area (Å²) in [6.07, 6.45) is 1.12. The molecule has 1 aromatic heterocycles. The molecule has 0 bridgehead atoms. The Balaban J connectivity index is 1.86. The van der Waals surface area contributed by atoms with Crippen LogP contribution < -0.4 is 0 Å². The number of carbonyl (C=O) groups excluding carboxylic acids is 1. The monoisotopic (exact) mass is 255 g/mol. The fourth-order valence-electron chi connectivity index (χ4n) is 2.34. The van der Waals surface area contributed by atoms with E-state index in [1.165, 1.54) is 0 Å². The molecule has 0 N–H and O–H groups in total. The summed E-state index contributed by atoms with van der Waals surface area (Å²) in [4.78, 5) is 13.9. The molecule has 19 heavy (non-hydrogen) atoms. The molecular formula is C15H17N3O. The third-order valence-electron chi connectivity index (χ3n) is 3.51. The highest BCUT2D eigenvalue weighted by atomic mass is 16.2. The summed E-state index contributed by atoms with van der Waals surface area (Å²) in [7, 11) is 0. The number of rotatable bonds is 2. The number of aromatic nitrogens is 2. The van der Waals surface area contributed by atoms with Crippen molar-refractivity contribution in [3.8, 4) is 5.69 Å². The van der Waals surface area contributed by atoms with Crippen LogP contribution in [0.1, 0.15) is 28.2 Å². The molecule has 2 aromatic rings. The number of amides is 1. The molecule has 1 saturated heterocycles. The summed E-state index contributed by atoms with van der Waals surface area (Å²) in [6.45, 7) is 5.78. The van der Waals surface area contributed by atoms with Crippen LogP contribution in [0.3, 0.4) is 0 Å². The summed E-state index contributed by atoms with van der Waals surface area (Å²) in [5.74, 6) is 0.131. The Hall–Kier alpha value is -2.10. The van der Waals surface area contributed by atoms with Gasteiger partial charge in [0.05, 0.1) is 11.4 Å². The van der Waals surface area contributed by atoms with Gasteiger partial charge in [-0.25, -0.2) is 4.68 Å². The highest BCUT2D eigenvalue weighted by Gasteiger charge is 2.21. The average Bonchev–Trinajstić information content (AvgIpc) is 2.66. The van der Waals surface area contributed by atoms with Gasteiger partial charge in [-0.05, 0) is 50.6 Å². The van der Waals surface area contributed by atoms with Gasteiger partial charge in [0.15, 0.2) is 0 Å². The Bertz CT molecular complexity index is 609. The van der Waals surface area contributed by atoms with Crippen molar-refractivity contribution in [3.63, 3.8) is 0 Å². The lowest BCUT2D eigenvalue weighted by molar-refractivity contribution is 0.0652. The minimum Gasteiger partial charge on any atom is -0.339 e. The lowest BCUT2D eigenvalue weighted by Gasteiger charge is -2.30. The summed E-state index contributed by atoms with van der Waals surface area (Å²) in [5.41, 5.74) is 3.84. The van der Waals surface area contributed by atoms with E-state index < -0.39 is 0 Å². The van der Waals surface area contributed by atoms with Crippen molar-refractivity contribution < 1.29 is 4.79 Å². The van der Waals surface area contributed by atoms with Crippen LogP contribution in [0.25, 0.3) is 5.69 Å². The maximum atomic E-state index is 12.0. The predicted octanol–water partition coefficient (Wildman–Crippen LogP) is 2.34. The van der Waals surface area contributed by atoms with Gasteiger partial charge in [0.2, 0.25) is 0 Å². The SMILES string of the molecule is Cc1cc(C)n(-c2ccc(C(=O)N3CCC3)cc2)n1. The molecule has 1 amide bonds. The molecule has 0 unspecified atom stereocenters. The van der Waals surface area contributed by atoms with E-state index in [1.54, 1.807) is 0 Å². The lowest BCUT2D eigenvalue weighted by atomic mass is 10.1. The molecule has 4 nitrogen and oxygen atoms in total. The molecule has 0 atom stereocenters. The van der Waals surface area contributed by atoms with Gasteiger partial charge in [0, 0.05) is 24.3 Å². The summed E-state index contributed by atoms with van der Waals surface area (Å²) in [5, 5.41) is 4.44. The predicted molar refractivity (Wildman–Crippen MR) is 73.6 cm³/mol. The van der Waals surface area contributed by atoms with Crippen LogP contribution >= 0.6 is 0 Å². The van der Waals surface area contributed by atoms with Crippen molar-refractivity contribution in [1.82, 2.24) is 14.7 Å². The standard InChI is InChI=1S/C15H17N3O/c1-11-10-12(2)18(16-11)14-6-4-13(5-7-14)15(19)17-8-3-9-17/h4-7,10H,3,8-9H2,1-2H3. The molecule has 1 fully saturated rings. The van der Waals surface area contributed by atoms with Crippen LogP contribution in [-0.4, -0.2) is 33.7 Å². The minimum absolute atomic E-state index is 0.131. The fourth-order valence-corrected chi connectivity index (χ4v) is 2.34. The third kappa shape index (κ3) is 2.14. The first-order valence-electron chi connectivity index (χ1n) is 6.58. The number of hydrogen-bond acceptors (Lipinski definition) is 2. The first kappa shape index (κ1) is 12.0. The molecule has 4 heteroatoms. The normalized spacial score (nSPS) is 14.3. The molecule has 1 aliphatic rings. The van der Waals surface area contributed by atoms with Gasteiger partial charge < -0.3 is 4.90 Å². The van der Waals surface area contributed by atoms with Gasteiger partial charge in [0.25, 0.3) is 5.91 Å². The maximum absolute atomic E-state index is 12.0. The van der Waals surface area contributed by atoms with Crippen LogP contribution in [-0.2, 0) is 0 Å². The molecule has 98 valence electrons. The third-order valence-corrected chi connectivity index (χ3v) is 3.51. The second-order valence-corrected chi connectivity index (χ2v) is 5.03. The largest absolute Gasteiger partial charge is 0.339 e. The molecular weight excluding hydrogens is 238 g/mol. The Morgan fingerprint density at radius 1 is 1.16 bits per heavy atom. The van der Waals surface area contributed by atoms with Crippen molar-refractivity contribution in [2.24, 2.45) is 0 Å². The van der Waals surface area contributed by atoms with E-state index in [2.05, 4.69) is 5.10 Å². The molecule has 2 heterocycles. The number of aryl methyl sites for hydroxylation is 2. The quantitative estimate of drug-likeness (QED) is 0.826. The highest BCUT2D eigenvalue weighted by Crippen LogP contribution is 2.16. The second-order valence-electron chi connectivity index (χ2n) is 5.03. The van der Waals surface area contributed by atoms with Crippen molar-refractivity contribution >= 4 is 5.91 Å². The van der Waals surface area contributed by atoms with Crippen molar-refractivity contribution in [2.75, 3.05) is 13.1 Å². The van der Waals surface area contributed by atoms with Gasteiger partial charge in [0.1, 0.15) is 0 Å². The van der Waals surface area contributed by atoms with E-state index in [0.717, 1.165) is 42.1 Å². The van der Waals surface area contributed by atoms with Gasteiger partial charge in [-0.2, -0.15) is 5.10 Å². The first-order chi connectivity index (χ1) is 9.15. The van der Waals surface area contributed by atoms with Crippen LogP contribution in [0.4, 0.5) is 0 Å². The zero-order valence-electron chi connectivity index (χ0n) is 11.3. The zero-order valence-corrected chi connectivity index (χ0v) is 11.3. The zero-order chi connectivity index (χ0) is 13.4. The summed E-state index contributed by atoms with van der Waals surface area (Å²) >= 11 is 0. The van der Waals surface area contributed by atoms with E-state index in [9.17, 15) is 4.79 Å². The minimum atomic E-state index is 0.131. The molecule has 0 spiro atoms. The van der Waals surface area contributed by atoms with Crippen molar-refractivity contribution in [1.29, 1.82) is 0 Å². The Labute approximate surface area is 112 Å². The van der Waals surface area contributed by atoms with Crippen molar-refractivity contribution in [2.45, 2.75) is 20.3 Å². The Kier molecular flexibility index (Phi) is 2.85. The van der Waals surface area contributed by atoms with Gasteiger partial charge >= 0.3 is 0 Å². The van der Waals surface area contributed by atoms with Crippen molar-refractivity contribution in [3.05, 3.63) is 47.3 Å². The van der Waals surface area contributed by atoms with E-state index in [-0.39, 0.29) is 5.91 Å². The lowest BCUT2D eigenvalue weighted by Crippen LogP contribution is -2.41. The van der Waals surface area contributed by atoms with E-state index >= 15 is 0 Å². The summed E-state index contributed by atoms with van der Waals surface area (Å²) < 4.78 is 1.90. The topological polar surface area (TPSA) is 38.1 Å². The first-order valence-corrected chi connectivity index (χ1v) is 6.58. The number of nitrogens with zero attached hydrogens (tertiary/aromatic N) is 3. The van der Waals surface area contributed by atoms with E-state index in [4.69, 9.17) is 0 Å². The molecule has 1 aromatic carbocycles. The van der Waals surface area contributed by atoms with Gasteiger partial charge in [-0.15, -0.1) is 0 Å². The molecule has 3 rings (SSSR count). The van der Waals surface area contributed by atoms with Crippen LogP contribution in [0, 0.1) is 13.8 Å². The van der Waals surface area contributed by atoms with Crippen LogP contribution in [0.15, 0.2) is 30.3 Å². The fraction of sp³-hybridized carbons (Fsp3) is 0.333. The van der Waals surface area contributed by atoms with Crippen LogP contribution in [0.2, 0.25) is 0 Å². The number of likely N-dealkylation sites (tertiary alicyclic amines) is 1. The maximum Gasteiger partial charge on any atom is 0.253 e. The van der Waals surface area contributed by atoms with Gasteiger partial charge in [-0.3, -0.25) is 4.79 Å². The average molecular weight is 255 g/mol. The molecule has 0 radical (unpaired) electrons. The Morgan fingerprint density at radius 2 is 1.84 bits per heavy atom. The molecule has 1 aliphatic heterocycles. The van der Waals surface area contributed by atoms with E-state index in [1.807, 2.05) is 53.8 Å². The van der Waals surface area contributed by atoms with Gasteiger partial charge in [-0.1, -0.05) is 0 Å². The van der Waals surface area contributed by atoms with Crippen LogP contribution in [0.5, 0.6) is 0 Å². The Morgan fingerprint density at radius 3 is 2.32 bits per heavy atom. The second kappa shape index (κ2) is 4.53. The number of carbonyl (C=O) groups is 1. The molecule has 0 saturated carbocycles. The molecule has 0 aliphatic carbocycles.